The van der Waals surface area contributed by atoms with Gasteiger partial charge >= 0.3 is 0 Å². The fraction of sp³-hybridized carbons (Fsp3) is 0.235. The molecule has 122 valence electrons. The molecule has 0 saturated carbocycles. The number of hydrazone groups is 1. The highest BCUT2D eigenvalue weighted by atomic mass is 79.9. The molecule has 1 N–H and O–H groups in total. The van der Waals surface area contributed by atoms with Crippen molar-refractivity contribution in [1.82, 2.24) is 5.43 Å². The van der Waals surface area contributed by atoms with E-state index < -0.39 is 0 Å². The minimum Gasteiger partial charge on any atom is -0.493 e. The van der Waals surface area contributed by atoms with Crippen LogP contribution in [0.4, 0.5) is 0 Å². The highest BCUT2D eigenvalue weighted by molar-refractivity contribution is 9.10. The van der Waals surface area contributed by atoms with Gasteiger partial charge in [-0.1, -0.05) is 52.1 Å². The summed E-state index contributed by atoms with van der Waals surface area (Å²) in [5.41, 5.74) is 4.68. The Morgan fingerprint density at radius 2 is 1.96 bits per heavy atom. The van der Waals surface area contributed by atoms with E-state index in [-0.39, 0.29) is 0 Å². The molecule has 0 saturated heterocycles. The minimum absolute atomic E-state index is 0.453. The number of halogens is 3. The van der Waals surface area contributed by atoms with Crippen LogP contribution in [0.25, 0.3) is 0 Å². The molecule has 0 atom stereocenters. The summed E-state index contributed by atoms with van der Waals surface area (Å²) < 4.78 is 6.68. The molecule has 2 rings (SSSR count). The average Bonchev–Trinajstić information content (AvgIpc) is 2.53. The predicted molar refractivity (Wildman–Crippen MR) is 101 cm³/mol. The summed E-state index contributed by atoms with van der Waals surface area (Å²) in [6, 6.07) is 11.2. The van der Waals surface area contributed by atoms with Crippen LogP contribution in [0.1, 0.15) is 24.5 Å². The van der Waals surface area contributed by atoms with Gasteiger partial charge in [0.1, 0.15) is 5.75 Å². The number of nitrogens with one attached hydrogen (secondary N) is 1. The topological polar surface area (TPSA) is 33.6 Å². The summed E-state index contributed by atoms with van der Waals surface area (Å²) in [5, 5.41) is 5.48. The maximum absolute atomic E-state index is 6.13. The van der Waals surface area contributed by atoms with Gasteiger partial charge in [0, 0.05) is 25.6 Å². The Morgan fingerprint density at radius 3 is 2.65 bits per heavy atom. The Morgan fingerprint density at radius 1 is 1.22 bits per heavy atom. The largest absolute Gasteiger partial charge is 0.493 e. The van der Waals surface area contributed by atoms with Gasteiger partial charge in [-0.3, -0.25) is 0 Å². The molecule has 0 bridgehead atoms. The van der Waals surface area contributed by atoms with Crippen LogP contribution in [-0.4, -0.2) is 12.8 Å². The number of hydrogen-bond acceptors (Lipinski definition) is 3. The summed E-state index contributed by atoms with van der Waals surface area (Å²) in [6.07, 6.45) is 2.68. The molecule has 0 unspecified atom stereocenters. The molecule has 0 fully saturated rings. The van der Waals surface area contributed by atoms with Crippen LogP contribution >= 0.6 is 39.1 Å². The smallest absolute Gasteiger partial charge is 0.128 e. The lowest BCUT2D eigenvalue weighted by Gasteiger charge is -2.09. The second kappa shape index (κ2) is 9.16. The molecule has 2 aromatic carbocycles. The Labute approximate surface area is 154 Å². The van der Waals surface area contributed by atoms with E-state index in [2.05, 4.69) is 33.4 Å². The van der Waals surface area contributed by atoms with Gasteiger partial charge in [-0.2, -0.15) is 5.10 Å². The second-order valence-corrected chi connectivity index (χ2v) is 6.55. The zero-order valence-electron chi connectivity index (χ0n) is 12.7. The minimum atomic E-state index is 0.453. The number of hydrogen-bond donors (Lipinski definition) is 1. The first kappa shape index (κ1) is 18.1. The van der Waals surface area contributed by atoms with Crippen molar-refractivity contribution in [1.29, 1.82) is 0 Å². The van der Waals surface area contributed by atoms with Crippen molar-refractivity contribution in [3.05, 3.63) is 62.0 Å². The maximum Gasteiger partial charge on any atom is 0.128 e. The van der Waals surface area contributed by atoms with Crippen LogP contribution in [0, 0.1) is 0 Å². The third kappa shape index (κ3) is 5.41. The Hall–Kier alpha value is -1.23. The molecule has 3 nitrogen and oxygen atoms in total. The van der Waals surface area contributed by atoms with Crippen LogP contribution in [-0.2, 0) is 6.54 Å². The third-order valence-corrected chi connectivity index (χ3v) is 4.25. The number of benzene rings is 2. The monoisotopic (exact) mass is 414 g/mol. The average molecular weight is 416 g/mol. The lowest BCUT2D eigenvalue weighted by atomic mass is 10.2. The van der Waals surface area contributed by atoms with E-state index in [1.165, 1.54) is 0 Å². The van der Waals surface area contributed by atoms with Crippen LogP contribution in [0.5, 0.6) is 5.75 Å². The number of nitrogens with zero attached hydrogens (tertiary/aromatic N) is 1. The molecule has 0 amide bonds. The van der Waals surface area contributed by atoms with E-state index in [0.29, 0.717) is 23.2 Å². The van der Waals surface area contributed by atoms with Gasteiger partial charge in [0.05, 0.1) is 19.4 Å². The third-order valence-electron chi connectivity index (χ3n) is 3.05. The van der Waals surface area contributed by atoms with Gasteiger partial charge in [-0.15, -0.1) is 0 Å². The quantitative estimate of drug-likeness (QED) is 0.466. The predicted octanol–water partition coefficient (Wildman–Crippen LogP) is 5.67. The summed E-state index contributed by atoms with van der Waals surface area (Å²) in [5.74, 6) is 0.802. The molecule has 0 aromatic heterocycles. The van der Waals surface area contributed by atoms with Crippen LogP contribution in [0.2, 0.25) is 10.0 Å². The van der Waals surface area contributed by atoms with E-state index in [0.717, 1.165) is 27.8 Å². The highest BCUT2D eigenvalue weighted by Gasteiger charge is 2.05. The molecule has 0 heterocycles. The van der Waals surface area contributed by atoms with Gasteiger partial charge in [0.2, 0.25) is 0 Å². The summed E-state index contributed by atoms with van der Waals surface area (Å²) in [4.78, 5) is 0. The van der Waals surface area contributed by atoms with Gasteiger partial charge < -0.3 is 10.2 Å². The van der Waals surface area contributed by atoms with Crippen molar-refractivity contribution < 1.29 is 4.74 Å². The molecule has 0 spiro atoms. The molecule has 0 aliphatic heterocycles. The lowest BCUT2D eigenvalue weighted by molar-refractivity contribution is 0.317. The molecule has 0 aliphatic rings. The van der Waals surface area contributed by atoms with E-state index >= 15 is 0 Å². The van der Waals surface area contributed by atoms with Crippen LogP contribution in [0.15, 0.2) is 46.0 Å². The lowest BCUT2D eigenvalue weighted by Crippen LogP contribution is -2.07. The standard InChI is InChI=1S/C17H17BrCl2N2O/c1-2-8-23-17-7-6-13(18)9-12(17)10-21-22-11-14-15(19)4-3-5-16(14)20/h3-7,9-10,22H,2,8,11H2,1H3/b21-10+. The van der Waals surface area contributed by atoms with Crippen molar-refractivity contribution in [2.24, 2.45) is 5.10 Å². The van der Waals surface area contributed by atoms with Crippen LogP contribution < -0.4 is 10.2 Å². The first-order valence-electron chi connectivity index (χ1n) is 7.23. The van der Waals surface area contributed by atoms with Crippen LogP contribution in [0.3, 0.4) is 0 Å². The normalized spacial score (nSPS) is 11.0. The summed E-state index contributed by atoms with van der Waals surface area (Å²) in [7, 11) is 0. The van der Waals surface area contributed by atoms with Crippen molar-refractivity contribution in [3.63, 3.8) is 0 Å². The first-order valence-corrected chi connectivity index (χ1v) is 8.78. The van der Waals surface area contributed by atoms with E-state index in [4.69, 9.17) is 27.9 Å². The Kier molecular flexibility index (Phi) is 7.21. The molecule has 0 radical (unpaired) electrons. The van der Waals surface area contributed by atoms with Gasteiger partial charge in [0.15, 0.2) is 0 Å². The SMILES string of the molecule is CCCOc1ccc(Br)cc1/C=N/NCc1c(Cl)cccc1Cl. The highest BCUT2D eigenvalue weighted by Crippen LogP contribution is 2.24. The number of rotatable bonds is 7. The fourth-order valence-electron chi connectivity index (χ4n) is 1.90. The van der Waals surface area contributed by atoms with Crippen molar-refractivity contribution >= 4 is 45.3 Å². The molecular formula is C17H17BrCl2N2O. The summed E-state index contributed by atoms with van der Waals surface area (Å²) in [6.45, 7) is 3.20. The fourth-order valence-corrected chi connectivity index (χ4v) is 2.81. The molecular weight excluding hydrogens is 399 g/mol. The van der Waals surface area contributed by atoms with E-state index in [1.807, 2.05) is 24.3 Å². The molecule has 2 aromatic rings. The van der Waals surface area contributed by atoms with Crippen molar-refractivity contribution in [2.75, 3.05) is 6.61 Å². The first-order chi connectivity index (χ1) is 11.1. The van der Waals surface area contributed by atoms with E-state index in [9.17, 15) is 0 Å². The molecule has 23 heavy (non-hydrogen) atoms. The zero-order chi connectivity index (χ0) is 16.7. The van der Waals surface area contributed by atoms with E-state index in [1.54, 1.807) is 18.3 Å². The Balaban J connectivity index is 2.04. The second-order valence-electron chi connectivity index (χ2n) is 4.82. The number of ether oxygens (including phenoxy) is 1. The summed E-state index contributed by atoms with van der Waals surface area (Å²) >= 11 is 15.7. The molecule has 0 aliphatic carbocycles. The Bertz CT molecular complexity index is 672. The van der Waals surface area contributed by atoms with Crippen molar-refractivity contribution in [3.8, 4) is 5.75 Å². The van der Waals surface area contributed by atoms with Crippen molar-refractivity contribution in [2.45, 2.75) is 19.9 Å². The maximum atomic E-state index is 6.13. The van der Waals surface area contributed by atoms with Gasteiger partial charge in [-0.25, -0.2) is 0 Å². The zero-order valence-corrected chi connectivity index (χ0v) is 15.7. The van der Waals surface area contributed by atoms with Gasteiger partial charge in [0.25, 0.3) is 0 Å². The van der Waals surface area contributed by atoms with Gasteiger partial charge in [-0.05, 0) is 36.8 Å². The molecule has 6 heteroatoms.